The van der Waals surface area contributed by atoms with Crippen LogP contribution < -0.4 is 10.6 Å². The van der Waals surface area contributed by atoms with E-state index in [1.807, 2.05) is 35.2 Å². The molecule has 1 heterocycles. The fourth-order valence-electron chi connectivity index (χ4n) is 3.12. The topological polar surface area (TPSA) is 144 Å². The third-order valence-electron chi connectivity index (χ3n) is 4.37. The van der Waals surface area contributed by atoms with Crippen LogP contribution in [0.2, 0.25) is 0 Å². The van der Waals surface area contributed by atoms with Crippen LogP contribution in [0.25, 0.3) is 0 Å². The van der Waals surface area contributed by atoms with Crippen LogP contribution in [-0.2, 0) is 24.9 Å². The van der Waals surface area contributed by atoms with Gasteiger partial charge < -0.3 is 5.73 Å². The first-order valence-electron chi connectivity index (χ1n) is 9.58. The fraction of sp³-hybridized carbons (Fsp3) is 0.200. The maximum Gasteiger partial charge on any atom is 0.268 e. The van der Waals surface area contributed by atoms with Gasteiger partial charge in [0.15, 0.2) is 5.17 Å². The maximum absolute atomic E-state index is 13.7. The van der Waals surface area contributed by atoms with Crippen LogP contribution in [0.1, 0.15) is 13.8 Å². The highest BCUT2D eigenvalue weighted by atomic mass is 32.2. The second-order valence-electron chi connectivity index (χ2n) is 6.86. The Balaban J connectivity index is 2.08. The molecule has 33 heavy (non-hydrogen) atoms. The molecule has 2 aromatic carbocycles. The number of thioether (sulfide) groups is 1. The van der Waals surface area contributed by atoms with Gasteiger partial charge in [-0.05, 0) is 44.2 Å². The second kappa shape index (κ2) is 10.1. The van der Waals surface area contributed by atoms with Gasteiger partial charge in [0.25, 0.3) is 20.0 Å². The standard InChI is InChI=1S/C20H23N5O5S3/c1-14-13-15(2)25(20(22-14)23-19(21)31-16-9-5-4-6-10-16)33(28,29)18-12-8-7-11-17(18)32(26,27)24-30-3/h4-13,15,24H,1-3H3,(H2,21,22,23). The summed E-state index contributed by atoms with van der Waals surface area (Å²) < 4.78 is 53.5. The molecule has 0 saturated heterocycles. The van der Waals surface area contributed by atoms with Gasteiger partial charge in [0.05, 0.1) is 13.2 Å². The minimum atomic E-state index is -4.42. The number of rotatable bonds is 6. The number of nitrogens with zero attached hydrogens (tertiary/aromatic N) is 3. The Bertz CT molecular complexity index is 1320. The van der Waals surface area contributed by atoms with Crippen LogP contribution in [0.4, 0.5) is 0 Å². The Hall–Kier alpha value is -2.71. The minimum absolute atomic E-state index is 0.0732. The van der Waals surface area contributed by atoms with Crippen molar-refractivity contribution in [2.75, 3.05) is 7.11 Å². The lowest BCUT2D eigenvalue weighted by molar-refractivity contribution is 0.153. The molecule has 0 bridgehead atoms. The van der Waals surface area contributed by atoms with E-state index in [0.29, 0.717) is 5.70 Å². The Morgan fingerprint density at radius 3 is 2.33 bits per heavy atom. The first kappa shape index (κ1) is 24.9. The van der Waals surface area contributed by atoms with Gasteiger partial charge in [0.2, 0.25) is 5.96 Å². The highest BCUT2D eigenvalue weighted by Crippen LogP contribution is 2.29. The van der Waals surface area contributed by atoms with Crippen molar-refractivity contribution >= 4 is 42.9 Å². The number of benzene rings is 2. The van der Waals surface area contributed by atoms with Crippen molar-refractivity contribution in [1.82, 2.24) is 9.19 Å². The summed E-state index contributed by atoms with van der Waals surface area (Å²) in [7, 11) is -7.58. The molecule has 1 aliphatic rings. The van der Waals surface area contributed by atoms with Crippen LogP contribution in [0.3, 0.4) is 0 Å². The van der Waals surface area contributed by atoms with Gasteiger partial charge in [-0.1, -0.05) is 47.0 Å². The molecule has 0 amide bonds. The molecule has 0 aromatic heterocycles. The number of hydrogen-bond donors (Lipinski definition) is 2. The number of hydrogen-bond acceptors (Lipinski definition) is 8. The van der Waals surface area contributed by atoms with E-state index in [4.69, 9.17) is 5.73 Å². The van der Waals surface area contributed by atoms with Crippen molar-refractivity contribution in [2.45, 2.75) is 34.6 Å². The predicted octanol–water partition coefficient (Wildman–Crippen LogP) is 2.29. The molecule has 1 atom stereocenters. The SMILES string of the molecule is CONS(=O)(=O)c1ccccc1S(=O)(=O)N1C(N=C(N)Sc2ccccc2)=NC(C)=CC1C. The molecule has 1 aliphatic heterocycles. The minimum Gasteiger partial charge on any atom is -0.378 e. The summed E-state index contributed by atoms with van der Waals surface area (Å²) in [5.41, 5.74) is 6.63. The van der Waals surface area contributed by atoms with Gasteiger partial charge in [-0.2, -0.15) is 4.99 Å². The summed E-state index contributed by atoms with van der Waals surface area (Å²) in [4.78, 5) is 14.8. The summed E-state index contributed by atoms with van der Waals surface area (Å²) in [6, 6.07) is 13.7. The van der Waals surface area contributed by atoms with Crippen molar-refractivity contribution in [3.63, 3.8) is 0 Å². The fourth-order valence-corrected chi connectivity index (χ4v) is 6.91. The van der Waals surface area contributed by atoms with E-state index in [1.165, 1.54) is 24.3 Å². The van der Waals surface area contributed by atoms with E-state index in [0.717, 1.165) is 28.1 Å². The smallest absolute Gasteiger partial charge is 0.268 e. The summed E-state index contributed by atoms with van der Waals surface area (Å²) in [6.07, 6.45) is 1.63. The van der Waals surface area contributed by atoms with Crippen LogP contribution in [-0.4, -0.2) is 45.4 Å². The van der Waals surface area contributed by atoms with Crippen molar-refractivity contribution in [2.24, 2.45) is 15.7 Å². The van der Waals surface area contributed by atoms with Gasteiger partial charge in [-0.15, -0.1) is 0 Å². The monoisotopic (exact) mass is 509 g/mol. The Kier molecular flexibility index (Phi) is 7.59. The lowest BCUT2D eigenvalue weighted by Crippen LogP contribution is -2.44. The van der Waals surface area contributed by atoms with Gasteiger partial charge in [0, 0.05) is 10.6 Å². The molecule has 2 aromatic rings. The maximum atomic E-state index is 13.7. The normalized spacial score (nSPS) is 17.5. The Morgan fingerprint density at radius 2 is 1.70 bits per heavy atom. The van der Waals surface area contributed by atoms with Crippen molar-refractivity contribution < 1.29 is 21.7 Å². The zero-order valence-electron chi connectivity index (χ0n) is 18.0. The third kappa shape index (κ3) is 5.62. The van der Waals surface area contributed by atoms with Crippen LogP contribution >= 0.6 is 11.8 Å². The summed E-state index contributed by atoms with van der Waals surface area (Å²) in [5, 5.41) is 0.0732. The van der Waals surface area contributed by atoms with Crippen LogP contribution in [0, 0.1) is 0 Å². The van der Waals surface area contributed by atoms with E-state index >= 15 is 0 Å². The number of amidine groups is 1. The molecular weight excluding hydrogens is 486 g/mol. The number of guanidine groups is 1. The number of sulfonamides is 2. The van der Waals surface area contributed by atoms with Crippen molar-refractivity contribution in [3.8, 4) is 0 Å². The van der Waals surface area contributed by atoms with Crippen LogP contribution in [0.15, 0.2) is 91.0 Å². The van der Waals surface area contributed by atoms with Gasteiger partial charge in [-0.25, -0.2) is 26.1 Å². The highest BCUT2D eigenvalue weighted by Gasteiger charge is 2.37. The molecule has 0 spiro atoms. The quantitative estimate of drug-likeness (QED) is 0.263. The molecule has 0 aliphatic carbocycles. The number of aliphatic imine (C=N–C) groups is 2. The van der Waals surface area contributed by atoms with Crippen LogP contribution in [0.5, 0.6) is 0 Å². The molecular formula is C20H23N5O5S3. The van der Waals surface area contributed by atoms with E-state index in [2.05, 4.69) is 14.8 Å². The average Bonchev–Trinajstić information content (AvgIpc) is 2.73. The molecule has 0 fully saturated rings. The largest absolute Gasteiger partial charge is 0.378 e. The first-order valence-corrected chi connectivity index (χ1v) is 13.3. The highest BCUT2D eigenvalue weighted by molar-refractivity contribution is 8.13. The Morgan fingerprint density at radius 1 is 1.09 bits per heavy atom. The van der Waals surface area contributed by atoms with Gasteiger partial charge in [0.1, 0.15) is 9.79 Å². The number of nitrogens with two attached hydrogens (primary N) is 1. The number of nitrogens with one attached hydrogen (secondary N) is 1. The lowest BCUT2D eigenvalue weighted by atomic mass is 10.2. The number of allylic oxidation sites excluding steroid dienone is 1. The molecule has 0 radical (unpaired) electrons. The van der Waals surface area contributed by atoms with E-state index < -0.39 is 35.9 Å². The molecule has 3 N–H and O–H groups in total. The molecule has 1 unspecified atom stereocenters. The molecule has 13 heteroatoms. The molecule has 0 saturated carbocycles. The Labute approximate surface area is 197 Å². The predicted molar refractivity (Wildman–Crippen MR) is 127 cm³/mol. The van der Waals surface area contributed by atoms with Gasteiger partial charge in [-0.3, -0.25) is 4.84 Å². The van der Waals surface area contributed by atoms with Gasteiger partial charge >= 0.3 is 0 Å². The zero-order chi connectivity index (χ0) is 24.2. The third-order valence-corrected chi connectivity index (χ3v) is 8.55. The summed E-state index contributed by atoms with van der Waals surface area (Å²) in [5.74, 6) is -0.171. The molecule has 10 nitrogen and oxygen atoms in total. The average molecular weight is 510 g/mol. The summed E-state index contributed by atoms with van der Waals surface area (Å²) in [6.45, 7) is 3.34. The lowest BCUT2D eigenvalue weighted by Gasteiger charge is -2.31. The molecule has 176 valence electrons. The van der Waals surface area contributed by atoms with E-state index in [-0.39, 0.29) is 11.1 Å². The second-order valence-corrected chi connectivity index (χ2v) is 11.4. The first-order chi connectivity index (χ1) is 15.6. The zero-order valence-corrected chi connectivity index (χ0v) is 20.5. The van der Waals surface area contributed by atoms with E-state index in [9.17, 15) is 16.8 Å². The van der Waals surface area contributed by atoms with Crippen molar-refractivity contribution in [1.29, 1.82) is 0 Å². The summed E-state index contributed by atoms with van der Waals surface area (Å²) >= 11 is 1.15. The van der Waals surface area contributed by atoms with E-state index in [1.54, 1.807) is 19.9 Å². The molecule has 3 rings (SSSR count). The van der Waals surface area contributed by atoms with Crippen molar-refractivity contribution in [3.05, 3.63) is 66.4 Å².